The Bertz CT molecular complexity index is 1500. The molecule has 4 aromatic heterocycles. The molecule has 4 aromatic rings. The minimum absolute atomic E-state index is 0.00985. The van der Waals surface area contributed by atoms with Gasteiger partial charge in [0.05, 0.1) is 36.6 Å². The number of imidazole rings is 1. The van der Waals surface area contributed by atoms with Gasteiger partial charge >= 0.3 is 0 Å². The predicted octanol–water partition coefficient (Wildman–Crippen LogP) is 3.27. The van der Waals surface area contributed by atoms with E-state index in [2.05, 4.69) is 30.7 Å². The molecule has 2 N–H and O–H groups in total. The van der Waals surface area contributed by atoms with E-state index in [1.54, 1.807) is 30.7 Å². The van der Waals surface area contributed by atoms with Crippen LogP contribution >= 0.6 is 0 Å². The normalized spacial score (nSPS) is 17.5. The quantitative estimate of drug-likeness (QED) is 0.377. The Morgan fingerprint density at radius 1 is 1.24 bits per heavy atom. The molecule has 0 aliphatic carbocycles. The fraction of sp³-hybridized carbons (Fsp3) is 0.435. The summed E-state index contributed by atoms with van der Waals surface area (Å²) in [5.41, 5.74) is 1.58. The highest BCUT2D eigenvalue weighted by molar-refractivity contribution is 5.89. The van der Waals surface area contributed by atoms with Crippen molar-refractivity contribution in [1.82, 2.24) is 34.0 Å². The lowest BCUT2D eigenvalue weighted by Gasteiger charge is -2.38. The molecule has 1 saturated heterocycles. The minimum Gasteiger partial charge on any atom is -0.371 e. The van der Waals surface area contributed by atoms with E-state index in [4.69, 9.17) is 0 Å². The number of amides is 1. The molecule has 1 aliphatic rings. The average Bonchev–Trinajstić information content (AvgIpc) is 3.34. The van der Waals surface area contributed by atoms with Crippen molar-refractivity contribution < 1.29 is 22.4 Å². The van der Waals surface area contributed by atoms with E-state index in [9.17, 15) is 18.0 Å². The summed E-state index contributed by atoms with van der Waals surface area (Å²) in [6, 6.07) is 1.96. The van der Waals surface area contributed by atoms with E-state index in [1.807, 2.05) is 0 Å². The number of carbonyl (C=O) groups is 1. The third kappa shape index (κ3) is 4.29. The summed E-state index contributed by atoms with van der Waals surface area (Å²) in [7, 11) is 1.57. The van der Waals surface area contributed by atoms with Crippen LogP contribution in [0.4, 0.5) is 29.3 Å². The van der Waals surface area contributed by atoms with Crippen LogP contribution in [-0.2, 0) is 11.3 Å². The van der Waals surface area contributed by atoms with Crippen molar-refractivity contribution in [3.63, 3.8) is 0 Å². The molecule has 1 aliphatic heterocycles. The second-order valence-corrected chi connectivity index (χ2v) is 8.91. The molecule has 0 spiro atoms. The van der Waals surface area contributed by atoms with E-state index >= 15 is 4.39 Å². The molecule has 196 valence electrons. The van der Waals surface area contributed by atoms with Gasteiger partial charge in [-0.1, -0.05) is 0 Å². The molecule has 1 fully saturated rings. The SMILES string of the molecule is CNc1nc(N[C@@H]2CCN(C(C)=O)CC2(F)F)nn2cc(F)c(-c3ccc4nc(C)n(CCF)c4n3)c12. The molecule has 0 bridgehead atoms. The lowest BCUT2D eigenvalue weighted by Crippen LogP contribution is -2.55. The maximum absolute atomic E-state index is 15.3. The second kappa shape index (κ2) is 9.16. The number of carbonyl (C=O) groups excluding carboxylic acids is 1. The van der Waals surface area contributed by atoms with E-state index < -0.39 is 36.9 Å². The highest BCUT2D eigenvalue weighted by Crippen LogP contribution is 2.34. The fourth-order valence-electron chi connectivity index (χ4n) is 4.68. The first-order valence-corrected chi connectivity index (χ1v) is 11.7. The summed E-state index contributed by atoms with van der Waals surface area (Å²) in [6.45, 7) is 1.89. The second-order valence-electron chi connectivity index (χ2n) is 8.91. The zero-order valence-electron chi connectivity index (χ0n) is 20.4. The first kappa shape index (κ1) is 24.7. The standard InChI is InChI=1S/C23H25F4N9O/c1-12-29-16-5-4-15(30-21(16)35(12)9-7-24)18-14(25)10-36-19(18)20(28-3)32-22(33-36)31-17-6-8-34(13(2)37)11-23(17,26)27/h4-5,10,17H,6-9,11H2,1-3H3,(H2,28,31,32,33)/t17-/m1/s1. The van der Waals surface area contributed by atoms with Crippen LogP contribution in [0.3, 0.4) is 0 Å². The molecule has 5 rings (SSSR count). The number of nitrogens with one attached hydrogen (secondary N) is 2. The van der Waals surface area contributed by atoms with E-state index in [0.717, 1.165) is 11.1 Å². The van der Waals surface area contributed by atoms with Gasteiger partial charge in [0.1, 0.15) is 23.5 Å². The van der Waals surface area contributed by atoms with Crippen molar-refractivity contribution >= 4 is 34.4 Å². The first-order valence-electron chi connectivity index (χ1n) is 11.7. The molecule has 14 heteroatoms. The number of fused-ring (bicyclic) bond motifs is 2. The summed E-state index contributed by atoms with van der Waals surface area (Å²) in [5.74, 6) is -3.63. The average molecular weight is 520 g/mol. The van der Waals surface area contributed by atoms with Crippen molar-refractivity contribution in [1.29, 1.82) is 0 Å². The minimum atomic E-state index is -3.21. The summed E-state index contributed by atoms with van der Waals surface area (Å²) in [4.78, 5) is 25.9. The van der Waals surface area contributed by atoms with Crippen molar-refractivity contribution in [2.45, 2.75) is 38.8 Å². The lowest BCUT2D eigenvalue weighted by atomic mass is 10.0. The number of rotatable bonds is 6. The molecule has 5 heterocycles. The largest absolute Gasteiger partial charge is 0.371 e. The van der Waals surface area contributed by atoms with Gasteiger partial charge in [0.2, 0.25) is 11.9 Å². The van der Waals surface area contributed by atoms with Crippen LogP contribution in [0.2, 0.25) is 0 Å². The van der Waals surface area contributed by atoms with Crippen LogP contribution in [-0.4, -0.2) is 78.7 Å². The maximum Gasteiger partial charge on any atom is 0.285 e. The van der Waals surface area contributed by atoms with Gasteiger partial charge in [-0.2, -0.15) is 4.98 Å². The van der Waals surface area contributed by atoms with Crippen LogP contribution in [0.25, 0.3) is 27.9 Å². The van der Waals surface area contributed by atoms with Crippen molar-refractivity contribution in [2.75, 3.05) is 37.4 Å². The van der Waals surface area contributed by atoms with Crippen LogP contribution in [0.5, 0.6) is 0 Å². The van der Waals surface area contributed by atoms with Gasteiger partial charge in [0.15, 0.2) is 17.3 Å². The lowest BCUT2D eigenvalue weighted by molar-refractivity contribution is -0.140. The van der Waals surface area contributed by atoms with Gasteiger partial charge in [0, 0.05) is 20.5 Å². The maximum atomic E-state index is 15.3. The first-order chi connectivity index (χ1) is 17.6. The number of pyridine rings is 1. The molecule has 0 radical (unpaired) electrons. The Hall–Kier alpha value is -3.97. The molecule has 10 nitrogen and oxygen atoms in total. The molecule has 0 saturated carbocycles. The number of nitrogens with zero attached hydrogens (tertiary/aromatic N) is 7. The molecule has 1 atom stereocenters. The molecule has 37 heavy (non-hydrogen) atoms. The van der Waals surface area contributed by atoms with E-state index in [1.165, 1.54) is 11.4 Å². The fourth-order valence-corrected chi connectivity index (χ4v) is 4.68. The van der Waals surface area contributed by atoms with Crippen LogP contribution in [0.1, 0.15) is 19.2 Å². The zero-order valence-corrected chi connectivity index (χ0v) is 20.4. The monoisotopic (exact) mass is 519 g/mol. The Balaban J connectivity index is 1.54. The number of hydrogen-bond acceptors (Lipinski definition) is 7. The smallest absolute Gasteiger partial charge is 0.285 e. The molecule has 0 unspecified atom stereocenters. The Morgan fingerprint density at radius 3 is 2.70 bits per heavy atom. The molecule has 0 aromatic carbocycles. The Kier molecular flexibility index (Phi) is 6.12. The number of piperidine rings is 1. The van der Waals surface area contributed by atoms with Crippen LogP contribution < -0.4 is 10.6 Å². The highest BCUT2D eigenvalue weighted by atomic mass is 19.3. The van der Waals surface area contributed by atoms with Crippen LogP contribution in [0.15, 0.2) is 18.3 Å². The summed E-state index contributed by atoms with van der Waals surface area (Å²) in [5, 5.41) is 9.75. The summed E-state index contributed by atoms with van der Waals surface area (Å²) >= 11 is 0. The van der Waals surface area contributed by atoms with Gasteiger partial charge in [-0.15, -0.1) is 5.10 Å². The van der Waals surface area contributed by atoms with Gasteiger partial charge in [-0.3, -0.25) is 4.79 Å². The van der Waals surface area contributed by atoms with Crippen LogP contribution in [0, 0.1) is 12.7 Å². The van der Waals surface area contributed by atoms with Gasteiger partial charge < -0.3 is 20.1 Å². The summed E-state index contributed by atoms with van der Waals surface area (Å²) in [6.07, 6.45) is 1.11. The van der Waals surface area contributed by atoms with Gasteiger partial charge in [-0.25, -0.2) is 32.0 Å². The number of anilines is 2. The summed E-state index contributed by atoms with van der Waals surface area (Å²) < 4.78 is 60.7. The number of halogens is 4. The zero-order chi connectivity index (χ0) is 26.5. The number of likely N-dealkylation sites (tertiary alicyclic amines) is 1. The Morgan fingerprint density at radius 2 is 2.03 bits per heavy atom. The molecule has 1 amide bonds. The molecular formula is C23H25F4N9O. The van der Waals surface area contributed by atoms with Crippen molar-refractivity contribution in [3.8, 4) is 11.3 Å². The van der Waals surface area contributed by atoms with Crippen molar-refractivity contribution in [3.05, 3.63) is 30.0 Å². The van der Waals surface area contributed by atoms with Gasteiger partial charge in [0.25, 0.3) is 5.92 Å². The van der Waals surface area contributed by atoms with E-state index in [0.29, 0.717) is 17.0 Å². The third-order valence-electron chi connectivity index (χ3n) is 6.52. The van der Waals surface area contributed by atoms with Gasteiger partial charge in [-0.05, 0) is 25.5 Å². The number of hydrogen-bond donors (Lipinski definition) is 2. The number of aromatic nitrogens is 6. The molecular weight excluding hydrogens is 494 g/mol. The third-order valence-corrected chi connectivity index (χ3v) is 6.52. The van der Waals surface area contributed by atoms with Crippen molar-refractivity contribution in [2.24, 2.45) is 0 Å². The topological polar surface area (TPSA) is 105 Å². The number of alkyl halides is 3. The number of aryl methyl sites for hydroxylation is 2. The highest BCUT2D eigenvalue weighted by Gasteiger charge is 2.45. The van der Waals surface area contributed by atoms with E-state index in [-0.39, 0.29) is 48.1 Å². The predicted molar refractivity (Wildman–Crippen MR) is 129 cm³/mol. The Labute approximate surface area is 208 Å².